The number of hydrogen-bond donors (Lipinski definition) is 2. The van der Waals surface area contributed by atoms with Gasteiger partial charge < -0.3 is 11.5 Å². The van der Waals surface area contributed by atoms with Gasteiger partial charge in [0.05, 0.1) is 0 Å². The molecule has 0 aliphatic carbocycles. The van der Waals surface area contributed by atoms with Crippen LogP contribution in [0.5, 0.6) is 0 Å². The Morgan fingerprint density at radius 2 is 2.50 bits per heavy atom. The fraction of sp³-hybridized carbons (Fsp3) is 0.250. The van der Waals surface area contributed by atoms with Crippen molar-refractivity contribution < 1.29 is 0 Å². The van der Waals surface area contributed by atoms with E-state index in [1.165, 1.54) is 11.5 Å². The summed E-state index contributed by atoms with van der Waals surface area (Å²) in [7, 11) is 0. The number of aromatic nitrogens is 1. The third-order valence-electron chi connectivity index (χ3n) is 0.778. The van der Waals surface area contributed by atoms with Gasteiger partial charge in [-0.1, -0.05) is 0 Å². The highest BCUT2D eigenvalue weighted by Crippen LogP contribution is 2.08. The van der Waals surface area contributed by atoms with Gasteiger partial charge in [-0.3, -0.25) is 0 Å². The number of rotatable bonds is 1. The van der Waals surface area contributed by atoms with Crippen molar-refractivity contribution in [3.63, 3.8) is 0 Å². The van der Waals surface area contributed by atoms with Crippen LogP contribution in [0.15, 0.2) is 6.07 Å². The third-order valence-corrected chi connectivity index (χ3v) is 1.60. The average molecular weight is 129 g/mol. The molecule has 4 N–H and O–H groups in total. The minimum Gasteiger partial charge on any atom is -0.383 e. The maximum Gasteiger partial charge on any atom is 0.137 e. The molecule has 1 heterocycles. The van der Waals surface area contributed by atoms with Crippen LogP contribution in [0.1, 0.15) is 4.88 Å². The van der Waals surface area contributed by atoms with Crippen molar-refractivity contribution in [1.82, 2.24) is 4.37 Å². The fourth-order valence-corrected chi connectivity index (χ4v) is 0.949. The van der Waals surface area contributed by atoms with Gasteiger partial charge in [-0.25, -0.2) is 0 Å². The second kappa shape index (κ2) is 2.11. The number of nitrogen functional groups attached to an aromatic ring is 1. The molecule has 0 atom stereocenters. The Hall–Kier alpha value is -0.610. The van der Waals surface area contributed by atoms with Gasteiger partial charge in [0.1, 0.15) is 5.82 Å². The molecule has 8 heavy (non-hydrogen) atoms. The summed E-state index contributed by atoms with van der Waals surface area (Å²) >= 11 is 1.35. The number of nitrogens with zero attached hydrogens (tertiary/aromatic N) is 1. The van der Waals surface area contributed by atoms with Crippen LogP contribution in [0.2, 0.25) is 0 Å². The predicted molar refractivity (Wildman–Crippen MR) is 34.4 cm³/mol. The van der Waals surface area contributed by atoms with Crippen LogP contribution in [0.3, 0.4) is 0 Å². The summed E-state index contributed by atoms with van der Waals surface area (Å²) in [5.41, 5.74) is 10.6. The summed E-state index contributed by atoms with van der Waals surface area (Å²) in [4.78, 5) is 1.03. The quantitative estimate of drug-likeness (QED) is 0.568. The largest absolute Gasteiger partial charge is 0.383 e. The van der Waals surface area contributed by atoms with Crippen LogP contribution >= 0.6 is 11.5 Å². The van der Waals surface area contributed by atoms with Gasteiger partial charge in [0, 0.05) is 11.4 Å². The fourth-order valence-electron chi connectivity index (χ4n) is 0.425. The predicted octanol–water partition coefficient (Wildman–Crippen LogP) is 0.184. The summed E-state index contributed by atoms with van der Waals surface area (Å²) in [6.07, 6.45) is 0. The van der Waals surface area contributed by atoms with Crippen LogP contribution in [-0.4, -0.2) is 4.37 Å². The second-order valence-electron chi connectivity index (χ2n) is 1.42. The van der Waals surface area contributed by atoms with Gasteiger partial charge in [0.15, 0.2) is 0 Å². The molecule has 0 aromatic carbocycles. The number of nitrogens with two attached hydrogens (primary N) is 2. The topological polar surface area (TPSA) is 64.9 Å². The van der Waals surface area contributed by atoms with E-state index in [4.69, 9.17) is 11.5 Å². The van der Waals surface area contributed by atoms with Crippen LogP contribution < -0.4 is 11.5 Å². The summed E-state index contributed by atoms with van der Waals surface area (Å²) in [6, 6.07) is 1.78. The Morgan fingerprint density at radius 1 is 1.75 bits per heavy atom. The van der Waals surface area contributed by atoms with Crippen LogP contribution in [0.4, 0.5) is 5.82 Å². The molecule has 3 nitrogen and oxygen atoms in total. The first-order chi connectivity index (χ1) is 3.83. The van der Waals surface area contributed by atoms with E-state index in [-0.39, 0.29) is 0 Å². The first kappa shape index (κ1) is 5.53. The number of hydrogen-bond acceptors (Lipinski definition) is 4. The van der Waals surface area contributed by atoms with E-state index in [1.807, 2.05) is 0 Å². The highest BCUT2D eigenvalue weighted by atomic mass is 32.1. The SMILES string of the molecule is NCc1cc(N)ns1. The first-order valence-corrected chi connectivity index (χ1v) is 3.01. The molecule has 0 saturated heterocycles. The van der Waals surface area contributed by atoms with E-state index in [9.17, 15) is 0 Å². The Kier molecular flexibility index (Phi) is 1.45. The van der Waals surface area contributed by atoms with Crippen molar-refractivity contribution in [2.24, 2.45) is 5.73 Å². The molecule has 0 aliphatic rings. The van der Waals surface area contributed by atoms with E-state index in [1.54, 1.807) is 6.07 Å². The third kappa shape index (κ3) is 0.962. The minimum atomic E-state index is 0.537. The van der Waals surface area contributed by atoms with Crippen LogP contribution in [0.25, 0.3) is 0 Å². The molecule has 0 spiro atoms. The second-order valence-corrected chi connectivity index (χ2v) is 2.31. The highest BCUT2D eigenvalue weighted by Gasteiger charge is 1.92. The zero-order chi connectivity index (χ0) is 5.98. The number of anilines is 1. The maximum absolute atomic E-state index is 5.30. The summed E-state index contributed by atoms with van der Waals surface area (Å²) in [5.74, 6) is 0.565. The Bertz CT molecular complexity index is 172. The van der Waals surface area contributed by atoms with Crippen molar-refractivity contribution >= 4 is 17.4 Å². The Labute approximate surface area is 51.5 Å². The highest BCUT2D eigenvalue weighted by molar-refractivity contribution is 7.06. The van der Waals surface area contributed by atoms with Gasteiger partial charge in [-0.15, -0.1) is 0 Å². The van der Waals surface area contributed by atoms with Crippen LogP contribution in [0, 0.1) is 0 Å². The molecule has 0 fully saturated rings. The molecule has 0 unspecified atom stereocenters. The molecule has 0 bridgehead atoms. The van der Waals surface area contributed by atoms with E-state index in [0.29, 0.717) is 12.4 Å². The van der Waals surface area contributed by atoms with Crippen molar-refractivity contribution in [3.05, 3.63) is 10.9 Å². The summed E-state index contributed by atoms with van der Waals surface area (Å²) in [6.45, 7) is 0.537. The minimum absolute atomic E-state index is 0.537. The van der Waals surface area contributed by atoms with Crippen molar-refractivity contribution in [2.45, 2.75) is 6.54 Å². The average Bonchev–Trinajstić information content (AvgIpc) is 2.14. The molecule has 4 heteroatoms. The first-order valence-electron chi connectivity index (χ1n) is 2.24. The molecule has 1 rings (SSSR count). The molecular weight excluding hydrogens is 122 g/mol. The lowest BCUT2D eigenvalue weighted by Gasteiger charge is -1.78. The smallest absolute Gasteiger partial charge is 0.137 e. The van der Waals surface area contributed by atoms with Gasteiger partial charge in [0.2, 0.25) is 0 Å². The van der Waals surface area contributed by atoms with E-state index < -0.39 is 0 Å². The zero-order valence-electron chi connectivity index (χ0n) is 4.29. The summed E-state index contributed by atoms with van der Waals surface area (Å²) < 4.78 is 3.83. The lowest BCUT2D eigenvalue weighted by molar-refractivity contribution is 1.11. The normalized spacial score (nSPS) is 9.62. The lowest BCUT2D eigenvalue weighted by Crippen LogP contribution is -1.91. The molecule has 0 amide bonds. The molecular formula is C4H7N3S. The van der Waals surface area contributed by atoms with E-state index in [2.05, 4.69) is 4.37 Å². The van der Waals surface area contributed by atoms with E-state index in [0.717, 1.165) is 4.88 Å². The summed E-state index contributed by atoms with van der Waals surface area (Å²) in [5, 5.41) is 0. The Balaban J connectivity index is 2.84. The zero-order valence-corrected chi connectivity index (χ0v) is 5.11. The molecule has 1 aromatic rings. The van der Waals surface area contributed by atoms with Gasteiger partial charge in [-0.2, -0.15) is 4.37 Å². The van der Waals surface area contributed by atoms with Crippen molar-refractivity contribution in [3.8, 4) is 0 Å². The lowest BCUT2D eigenvalue weighted by atomic mass is 10.5. The van der Waals surface area contributed by atoms with Crippen molar-refractivity contribution in [1.29, 1.82) is 0 Å². The monoisotopic (exact) mass is 129 g/mol. The van der Waals surface area contributed by atoms with Gasteiger partial charge >= 0.3 is 0 Å². The van der Waals surface area contributed by atoms with Crippen LogP contribution in [-0.2, 0) is 6.54 Å². The Morgan fingerprint density at radius 3 is 2.75 bits per heavy atom. The van der Waals surface area contributed by atoms with Crippen molar-refractivity contribution in [2.75, 3.05) is 5.73 Å². The standard InChI is InChI=1S/C4H7N3S/c5-2-3-1-4(6)7-8-3/h1H,2,5H2,(H2,6,7). The maximum atomic E-state index is 5.30. The van der Waals surface area contributed by atoms with Gasteiger partial charge in [-0.05, 0) is 17.6 Å². The molecule has 0 aliphatic heterocycles. The molecule has 44 valence electrons. The molecule has 0 radical (unpaired) electrons. The molecule has 1 aromatic heterocycles. The van der Waals surface area contributed by atoms with Gasteiger partial charge in [0.25, 0.3) is 0 Å². The molecule has 0 saturated carbocycles. The van der Waals surface area contributed by atoms with E-state index >= 15 is 0 Å².